The third-order valence-corrected chi connectivity index (χ3v) is 7.64. The first-order chi connectivity index (χ1) is 16.0. The van der Waals surface area contributed by atoms with Gasteiger partial charge in [-0.3, -0.25) is 4.79 Å². The molecule has 2 fully saturated rings. The van der Waals surface area contributed by atoms with Crippen LogP contribution in [0.2, 0.25) is 0 Å². The van der Waals surface area contributed by atoms with E-state index in [-0.39, 0.29) is 5.91 Å². The summed E-state index contributed by atoms with van der Waals surface area (Å²) in [6, 6.07) is 13.1. The fraction of sp³-hybridized carbons (Fsp3) is 0.429. The molecule has 0 atom stereocenters. The van der Waals surface area contributed by atoms with Crippen molar-refractivity contribution >= 4 is 5.91 Å². The van der Waals surface area contributed by atoms with E-state index in [1.54, 1.807) is 0 Å². The molecule has 5 heteroatoms. The van der Waals surface area contributed by atoms with Gasteiger partial charge in [0.1, 0.15) is 5.82 Å². The van der Waals surface area contributed by atoms with Crippen molar-refractivity contribution in [1.29, 1.82) is 0 Å². The number of carbonyl (C=O) groups excluding carboxylic acids is 1. The van der Waals surface area contributed by atoms with E-state index in [4.69, 9.17) is 4.98 Å². The van der Waals surface area contributed by atoms with Crippen LogP contribution in [0.5, 0.6) is 0 Å². The van der Waals surface area contributed by atoms with E-state index in [9.17, 15) is 4.79 Å². The molecule has 1 saturated carbocycles. The second-order valence-electron chi connectivity index (χ2n) is 10.3. The highest BCUT2D eigenvalue weighted by Crippen LogP contribution is 2.45. The van der Waals surface area contributed by atoms with Gasteiger partial charge in [0.25, 0.3) is 5.91 Å². The van der Waals surface area contributed by atoms with Crippen LogP contribution in [-0.2, 0) is 13.0 Å². The number of nitrogens with zero attached hydrogens (tertiary/aromatic N) is 3. The van der Waals surface area contributed by atoms with E-state index in [0.29, 0.717) is 11.8 Å². The van der Waals surface area contributed by atoms with E-state index < -0.39 is 0 Å². The normalized spacial score (nSPS) is 18.8. The topological polar surface area (TPSA) is 52.2 Å². The third-order valence-electron chi connectivity index (χ3n) is 7.64. The van der Waals surface area contributed by atoms with E-state index in [1.165, 1.54) is 40.9 Å². The monoisotopic (exact) mass is 440 g/mol. The molecule has 3 aliphatic rings. The molecule has 5 nitrogen and oxygen atoms in total. The van der Waals surface area contributed by atoms with Crippen molar-refractivity contribution in [3.05, 3.63) is 75.6 Å². The van der Waals surface area contributed by atoms with Gasteiger partial charge in [-0.25, -0.2) is 4.98 Å². The highest BCUT2D eigenvalue weighted by atomic mass is 16.2. The molecule has 1 amide bonds. The summed E-state index contributed by atoms with van der Waals surface area (Å²) in [5, 5.41) is 0. The Hall–Kier alpha value is -2.92. The molecule has 0 radical (unpaired) electrons. The van der Waals surface area contributed by atoms with Crippen molar-refractivity contribution in [3.8, 4) is 11.4 Å². The van der Waals surface area contributed by atoms with Crippen molar-refractivity contribution in [1.82, 2.24) is 19.8 Å². The molecule has 0 bridgehead atoms. The Morgan fingerprint density at radius 1 is 1.06 bits per heavy atom. The summed E-state index contributed by atoms with van der Waals surface area (Å²) in [4.78, 5) is 26.4. The van der Waals surface area contributed by atoms with Crippen LogP contribution < -0.4 is 0 Å². The number of rotatable bonds is 4. The Kier molecular flexibility index (Phi) is 4.91. The number of benzene rings is 2. The molecule has 2 aromatic carbocycles. The van der Waals surface area contributed by atoms with Crippen molar-refractivity contribution in [2.75, 3.05) is 26.7 Å². The molecule has 33 heavy (non-hydrogen) atoms. The van der Waals surface area contributed by atoms with Crippen LogP contribution in [0.25, 0.3) is 11.4 Å². The van der Waals surface area contributed by atoms with Gasteiger partial charge >= 0.3 is 0 Å². The molecule has 3 heterocycles. The highest BCUT2D eigenvalue weighted by molar-refractivity contribution is 5.97. The number of amides is 1. The first kappa shape index (κ1) is 20.7. The lowest BCUT2D eigenvalue weighted by Crippen LogP contribution is -2.48. The van der Waals surface area contributed by atoms with Gasteiger partial charge in [-0.2, -0.15) is 0 Å². The van der Waals surface area contributed by atoms with Gasteiger partial charge in [-0.05, 0) is 62.4 Å². The summed E-state index contributed by atoms with van der Waals surface area (Å²) in [6.07, 6.45) is 3.44. The molecular weight excluding hydrogens is 408 g/mol. The number of fused-ring (bicyclic) bond motifs is 1. The van der Waals surface area contributed by atoms with Crippen molar-refractivity contribution in [3.63, 3.8) is 0 Å². The Labute approximate surface area is 195 Å². The number of nitrogens with one attached hydrogen (secondary N) is 1. The first-order valence-corrected chi connectivity index (χ1v) is 12.2. The molecule has 1 aliphatic carbocycles. The number of aromatic amines is 1. The van der Waals surface area contributed by atoms with Gasteiger partial charge in [0.2, 0.25) is 0 Å². The molecule has 6 rings (SSSR count). The molecular formula is C28H32N4O. The third kappa shape index (κ3) is 3.78. The summed E-state index contributed by atoms with van der Waals surface area (Å²) in [5.74, 6) is 2.12. The maximum atomic E-state index is 13.5. The van der Waals surface area contributed by atoms with Crippen molar-refractivity contribution in [2.24, 2.45) is 0 Å². The molecule has 2 aliphatic heterocycles. The van der Waals surface area contributed by atoms with Gasteiger partial charge < -0.3 is 14.8 Å². The molecule has 1 saturated heterocycles. The smallest absolute Gasteiger partial charge is 0.254 e. The number of H-pyrrole nitrogens is 1. The summed E-state index contributed by atoms with van der Waals surface area (Å²) in [7, 11) is 2.15. The van der Waals surface area contributed by atoms with Gasteiger partial charge in [0.15, 0.2) is 0 Å². The van der Waals surface area contributed by atoms with Gasteiger partial charge in [0, 0.05) is 49.6 Å². The Morgan fingerprint density at radius 3 is 2.55 bits per heavy atom. The SMILES string of the molecule is Cc1ccc(C2CN(C(=O)c3cc(-c4nc5c([nH]4)CN(C)CC5)c(C4CC4)cc3C)C2)cc1. The minimum atomic E-state index is 0.149. The number of hydrogen-bond donors (Lipinski definition) is 1. The lowest BCUT2D eigenvalue weighted by Gasteiger charge is -2.40. The number of likely N-dealkylation sites (N-methyl/N-ethyl adjacent to an activating group) is 1. The average molecular weight is 441 g/mol. The first-order valence-electron chi connectivity index (χ1n) is 12.2. The second kappa shape index (κ2) is 7.84. The zero-order valence-electron chi connectivity index (χ0n) is 19.8. The summed E-state index contributed by atoms with van der Waals surface area (Å²) < 4.78 is 0. The number of aryl methyl sites for hydroxylation is 2. The molecule has 3 aromatic rings. The van der Waals surface area contributed by atoms with Crippen molar-refractivity contribution in [2.45, 2.75) is 51.5 Å². The van der Waals surface area contributed by atoms with Crippen LogP contribution in [0, 0.1) is 13.8 Å². The van der Waals surface area contributed by atoms with E-state index >= 15 is 0 Å². The van der Waals surface area contributed by atoms with Gasteiger partial charge in [-0.1, -0.05) is 35.9 Å². The minimum Gasteiger partial charge on any atom is -0.341 e. The molecule has 0 unspecified atom stereocenters. The van der Waals surface area contributed by atoms with E-state index in [2.05, 4.69) is 67.2 Å². The predicted octanol–water partition coefficient (Wildman–Crippen LogP) is 4.80. The average Bonchev–Trinajstić information content (AvgIpc) is 3.53. The second-order valence-corrected chi connectivity index (χ2v) is 10.3. The molecule has 1 aromatic heterocycles. The van der Waals surface area contributed by atoms with E-state index in [0.717, 1.165) is 55.1 Å². The van der Waals surface area contributed by atoms with Crippen LogP contribution in [0.3, 0.4) is 0 Å². The fourth-order valence-electron chi connectivity index (χ4n) is 5.32. The van der Waals surface area contributed by atoms with Gasteiger partial charge in [0.05, 0.1) is 11.4 Å². The summed E-state index contributed by atoms with van der Waals surface area (Å²) >= 11 is 0. The zero-order chi connectivity index (χ0) is 22.7. The Morgan fingerprint density at radius 2 is 1.82 bits per heavy atom. The number of aromatic nitrogens is 2. The predicted molar refractivity (Wildman–Crippen MR) is 131 cm³/mol. The van der Waals surface area contributed by atoms with Crippen molar-refractivity contribution < 1.29 is 4.79 Å². The Balaban J connectivity index is 1.29. The quantitative estimate of drug-likeness (QED) is 0.634. The highest BCUT2D eigenvalue weighted by Gasteiger charge is 2.34. The minimum absolute atomic E-state index is 0.149. The lowest BCUT2D eigenvalue weighted by molar-refractivity contribution is 0.0601. The largest absolute Gasteiger partial charge is 0.341 e. The zero-order valence-corrected chi connectivity index (χ0v) is 19.8. The maximum absolute atomic E-state index is 13.5. The number of hydrogen-bond acceptors (Lipinski definition) is 3. The Bertz CT molecular complexity index is 1220. The van der Waals surface area contributed by atoms with Crippen LogP contribution in [-0.4, -0.2) is 52.4 Å². The van der Waals surface area contributed by atoms with Crippen LogP contribution >= 0.6 is 0 Å². The maximum Gasteiger partial charge on any atom is 0.254 e. The summed E-state index contributed by atoms with van der Waals surface area (Å²) in [6.45, 7) is 7.74. The number of imidazole rings is 1. The van der Waals surface area contributed by atoms with Crippen LogP contribution in [0.1, 0.15) is 68.7 Å². The lowest BCUT2D eigenvalue weighted by atomic mass is 9.89. The van der Waals surface area contributed by atoms with Gasteiger partial charge in [-0.15, -0.1) is 0 Å². The molecule has 170 valence electrons. The molecule has 0 spiro atoms. The fourth-order valence-corrected chi connectivity index (χ4v) is 5.32. The standard InChI is InChI=1S/C28H32N4O/c1-17-4-6-19(7-5-17)21-14-32(15-21)28(33)22-13-24(23(12-18(22)2)20-8-9-20)27-29-25-10-11-31(3)16-26(25)30-27/h4-7,12-13,20-21H,8-11,14-16H2,1-3H3,(H,29,30). The number of likely N-dealkylation sites (tertiary alicyclic amines) is 1. The van der Waals surface area contributed by atoms with Crippen LogP contribution in [0.15, 0.2) is 36.4 Å². The number of carbonyl (C=O) groups is 1. The summed E-state index contributed by atoms with van der Waals surface area (Å²) in [5.41, 5.74) is 9.39. The van der Waals surface area contributed by atoms with Crippen LogP contribution in [0.4, 0.5) is 0 Å². The van der Waals surface area contributed by atoms with E-state index in [1.807, 2.05) is 4.90 Å². The molecule has 1 N–H and O–H groups in total.